The minimum atomic E-state index is -4.20. The maximum Gasteiger partial charge on any atom is 0.391 e. The minimum absolute atomic E-state index is 0.0618. The van der Waals surface area contributed by atoms with Crippen LogP contribution in [0.5, 0.6) is 0 Å². The van der Waals surface area contributed by atoms with Gasteiger partial charge in [-0.25, -0.2) is 0 Å². The number of benzene rings is 1. The number of amides is 1. The van der Waals surface area contributed by atoms with E-state index < -0.39 is 18.0 Å². The lowest BCUT2D eigenvalue weighted by Gasteiger charge is -2.40. The van der Waals surface area contributed by atoms with Gasteiger partial charge in [0.1, 0.15) is 0 Å². The molecule has 3 nitrogen and oxygen atoms in total. The van der Waals surface area contributed by atoms with Crippen molar-refractivity contribution in [2.24, 2.45) is 11.8 Å². The maximum atomic E-state index is 13.1. The molecule has 1 saturated carbocycles. The molecule has 3 rings (SSSR count). The zero-order valence-corrected chi connectivity index (χ0v) is 15.2. The molecule has 0 spiro atoms. The maximum absolute atomic E-state index is 13.1. The van der Waals surface area contributed by atoms with Gasteiger partial charge >= 0.3 is 6.18 Å². The smallest absolute Gasteiger partial charge is 0.333 e. The van der Waals surface area contributed by atoms with E-state index in [4.69, 9.17) is 0 Å². The molecule has 26 heavy (non-hydrogen) atoms. The fraction of sp³-hybridized carbons (Fsp3) is 0.650. The van der Waals surface area contributed by atoms with Gasteiger partial charge in [0.2, 0.25) is 5.91 Å². The number of carbonyl (C=O) groups is 1. The molecular weight excluding hydrogens is 341 g/mol. The Labute approximate surface area is 152 Å². The molecule has 2 fully saturated rings. The first-order valence-corrected chi connectivity index (χ1v) is 9.57. The van der Waals surface area contributed by atoms with Crippen molar-refractivity contribution in [3.8, 4) is 0 Å². The van der Waals surface area contributed by atoms with Crippen LogP contribution in [0.15, 0.2) is 24.3 Å². The Balaban J connectivity index is 1.75. The molecule has 1 aromatic carbocycles. The van der Waals surface area contributed by atoms with Crippen LogP contribution in [0.25, 0.3) is 0 Å². The first-order chi connectivity index (χ1) is 12.4. The van der Waals surface area contributed by atoms with Crippen LogP contribution in [0.2, 0.25) is 0 Å². The molecule has 1 aliphatic heterocycles. The normalized spacial score (nSPS) is 27.4. The number of piperazine rings is 1. The number of alkyl halides is 3. The van der Waals surface area contributed by atoms with Gasteiger partial charge < -0.3 is 10.2 Å². The van der Waals surface area contributed by atoms with Gasteiger partial charge in [0, 0.05) is 25.6 Å². The molecule has 1 heterocycles. The van der Waals surface area contributed by atoms with E-state index in [9.17, 15) is 18.0 Å². The lowest BCUT2D eigenvalue weighted by atomic mass is 9.80. The number of nitrogens with one attached hydrogen (secondary N) is 1. The standard InChI is InChI=1S/C20H27F3N2O/c1-2-14-6-8-15(9-7-14)18-13-24-10-11-25(18)19(26)16-4-3-5-17(12-16)20(21,22)23/h6-9,16-18,24H,2-5,10-13H2,1H3. The van der Waals surface area contributed by atoms with Crippen LogP contribution < -0.4 is 5.32 Å². The van der Waals surface area contributed by atoms with Gasteiger partial charge in [0.25, 0.3) is 0 Å². The van der Waals surface area contributed by atoms with Crippen LogP contribution in [-0.4, -0.2) is 36.6 Å². The Morgan fingerprint density at radius 3 is 2.62 bits per heavy atom. The predicted molar refractivity (Wildman–Crippen MR) is 94.6 cm³/mol. The summed E-state index contributed by atoms with van der Waals surface area (Å²) in [4.78, 5) is 14.9. The summed E-state index contributed by atoms with van der Waals surface area (Å²) in [6, 6.07) is 8.10. The number of aryl methyl sites for hydroxylation is 1. The third kappa shape index (κ3) is 4.22. The van der Waals surface area contributed by atoms with Gasteiger partial charge in [-0.1, -0.05) is 37.6 Å². The lowest BCUT2D eigenvalue weighted by molar-refractivity contribution is -0.187. The Morgan fingerprint density at radius 2 is 1.96 bits per heavy atom. The first-order valence-electron chi connectivity index (χ1n) is 9.57. The van der Waals surface area contributed by atoms with E-state index >= 15 is 0 Å². The highest BCUT2D eigenvalue weighted by atomic mass is 19.4. The van der Waals surface area contributed by atoms with Crippen LogP contribution in [0.3, 0.4) is 0 Å². The number of halogens is 3. The van der Waals surface area contributed by atoms with Crippen molar-refractivity contribution < 1.29 is 18.0 Å². The Bertz CT molecular complexity index is 614. The van der Waals surface area contributed by atoms with Crippen molar-refractivity contribution in [3.05, 3.63) is 35.4 Å². The number of rotatable bonds is 3. The molecule has 2 aliphatic rings. The van der Waals surface area contributed by atoms with Gasteiger partial charge in [0.15, 0.2) is 0 Å². The quantitative estimate of drug-likeness (QED) is 0.872. The second-order valence-electron chi connectivity index (χ2n) is 7.45. The zero-order valence-electron chi connectivity index (χ0n) is 15.2. The molecule has 1 amide bonds. The molecule has 0 radical (unpaired) electrons. The minimum Gasteiger partial charge on any atom is -0.333 e. The fourth-order valence-electron chi connectivity index (χ4n) is 4.19. The molecule has 3 unspecified atom stereocenters. The molecule has 3 atom stereocenters. The summed E-state index contributed by atoms with van der Waals surface area (Å²) in [5.74, 6) is -1.95. The topological polar surface area (TPSA) is 32.3 Å². The molecular formula is C20H27F3N2O. The highest BCUT2D eigenvalue weighted by Gasteiger charge is 2.45. The Hall–Kier alpha value is -1.56. The van der Waals surface area contributed by atoms with E-state index in [2.05, 4.69) is 24.4 Å². The van der Waals surface area contributed by atoms with E-state index in [0.717, 1.165) is 12.0 Å². The van der Waals surface area contributed by atoms with Crippen molar-refractivity contribution in [1.82, 2.24) is 10.2 Å². The van der Waals surface area contributed by atoms with E-state index in [1.54, 1.807) is 4.90 Å². The highest BCUT2D eigenvalue weighted by Crippen LogP contribution is 2.41. The molecule has 1 aromatic rings. The molecule has 0 bridgehead atoms. The van der Waals surface area contributed by atoms with Crippen LogP contribution in [0, 0.1) is 11.8 Å². The van der Waals surface area contributed by atoms with Crippen molar-refractivity contribution >= 4 is 5.91 Å². The summed E-state index contributed by atoms with van der Waals surface area (Å²) in [6.07, 6.45) is -2.12. The van der Waals surface area contributed by atoms with Gasteiger partial charge in [-0.15, -0.1) is 0 Å². The summed E-state index contributed by atoms with van der Waals surface area (Å²) in [5, 5.41) is 3.31. The zero-order chi connectivity index (χ0) is 18.7. The van der Waals surface area contributed by atoms with Gasteiger partial charge in [-0.05, 0) is 36.8 Å². The second kappa shape index (κ2) is 7.99. The van der Waals surface area contributed by atoms with Crippen molar-refractivity contribution in [1.29, 1.82) is 0 Å². The lowest BCUT2D eigenvalue weighted by Crippen LogP contribution is -2.51. The molecule has 6 heteroatoms. The first kappa shape index (κ1) is 19.2. The third-order valence-electron chi connectivity index (χ3n) is 5.79. The van der Waals surface area contributed by atoms with Crippen LogP contribution in [0.4, 0.5) is 13.2 Å². The SMILES string of the molecule is CCc1ccc(C2CNCCN2C(=O)C2CCCC(C(F)(F)F)C2)cc1. The number of hydrogen-bond acceptors (Lipinski definition) is 2. The molecule has 1 aliphatic carbocycles. The number of carbonyl (C=O) groups excluding carboxylic acids is 1. The van der Waals surface area contributed by atoms with Crippen LogP contribution in [-0.2, 0) is 11.2 Å². The molecule has 0 aromatic heterocycles. The number of nitrogens with zero attached hydrogens (tertiary/aromatic N) is 1. The third-order valence-corrected chi connectivity index (χ3v) is 5.79. The van der Waals surface area contributed by atoms with E-state index in [-0.39, 0.29) is 24.8 Å². The van der Waals surface area contributed by atoms with Crippen molar-refractivity contribution in [3.63, 3.8) is 0 Å². The van der Waals surface area contributed by atoms with E-state index in [0.29, 0.717) is 32.5 Å². The average Bonchev–Trinajstić information content (AvgIpc) is 2.67. The summed E-state index contributed by atoms with van der Waals surface area (Å²) in [6.45, 7) is 3.97. The van der Waals surface area contributed by atoms with Crippen LogP contribution >= 0.6 is 0 Å². The van der Waals surface area contributed by atoms with Gasteiger partial charge in [-0.2, -0.15) is 13.2 Å². The average molecular weight is 368 g/mol. The number of hydrogen-bond donors (Lipinski definition) is 1. The Kier molecular flexibility index (Phi) is 5.90. The van der Waals surface area contributed by atoms with E-state index in [1.807, 2.05) is 12.1 Å². The van der Waals surface area contributed by atoms with Crippen molar-refractivity contribution in [2.75, 3.05) is 19.6 Å². The fourth-order valence-corrected chi connectivity index (χ4v) is 4.19. The van der Waals surface area contributed by atoms with Crippen molar-refractivity contribution in [2.45, 2.75) is 51.2 Å². The molecule has 144 valence electrons. The highest BCUT2D eigenvalue weighted by molar-refractivity contribution is 5.79. The monoisotopic (exact) mass is 368 g/mol. The summed E-state index contributed by atoms with van der Waals surface area (Å²) in [5.41, 5.74) is 2.28. The van der Waals surface area contributed by atoms with Crippen LogP contribution in [0.1, 0.15) is 49.8 Å². The molecule has 1 N–H and O–H groups in total. The van der Waals surface area contributed by atoms with Gasteiger partial charge in [0.05, 0.1) is 12.0 Å². The Morgan fingerprint density at radius 1 is 1.23 bits per heavy atom. The summed E-state index contributed by atoms with van der Waals surface area (Å²) >= 11 is 0. The summed E-state index contributed by atoms with van der Waals surface area (Å²) in [7, 11) is 0. The van der Waals surface area contributed by atoms with Gasteiger partial charge in [-0.3, -0.25) is 4.79 Å². The van der Waals surface area contributed by atoms with E-state index in [1.165, 1.54) is 5.56 Å². The molecule has 1 saturated heterocycles. The second-order valence-corrected chi connectivity index (χ2v) is 7.45. The predicted octanol–water partition coefficient (Wildman–Crippen LogP) is 4.09. The largest absolute Gasteiger partial charge is 0.391 e. The summed E-state index contributed by atoms with van der Waals surface area (Å²) < 4.78 is 39.3.